The van der Waals surface area contributed by atoms with Crippen molar-refractivity contribution >= 4 is 11.6 Å². The lowest BCUT2D eigenvalue weighted by Gasteiger charge is -2.06. The standard InChI is InChI=1S/C13H11N3O2/c17-13(11-8-14-4-5-15-11)16-10-1-2-12-9(7-10)3-6-18-12/h1-2,4-5,7-8H,3,6H2,(H,16,17). The third kappa shape index (κ3) is 2.02. The number of carbonyl (C=O) groups excluding carboxylic acids is 1. The average Bonchev–Trinajstić information content (AvgIpc) is 2.87. The number of ether oxygens (including phenoxy) is 1. The van der Waals surface area contributed by atoms with Crippen molar-refractivity contribution in [3.05, 3.63) is 48.0 Å². The van der Waals surface area contributed by atoms with Crippen molar-refractivity contribution in [3.8, 4) is 5.75 Å². The van der Waals surface area contributed by atoms with E-state index in [9.17, 15) is 4.79 Å². The van der Waals surface area contributed by atoms with Gasteiger partial charge in [-0.1, -0.05) is 0 Å². The van der Waals surface area contributed by atoms with Gasteiger partial charge >= 0.3 is 0 Å². The predicted octanol–water partition coefficient (Wildman–Crippen LogP) is 1.66. The van der Waals surface area contributed by atoms with Crippen molar-refractivity contribution in [1.29, 1.82) is 0 Å². The molecule has 5 nitrogen and oxygen atoms in total. The van der Waals surface area contributed by atoms with Gasteiger partial charge in [0.25, 0.3) is 5.91 Å². The van der Waals surface area contributed by atoms with E-state index in [2.05, 4.69) is 15.3 Å². The topological polar surface area (TPSA) is 64.1 Å². The molecule has 0 saturated heterocycles. The van der Waals surface area contributed by atoms with E-state index in [1.165, 1.54) is 18.6 Å². The van der Waals surface area contributed by atoms with Gasteiger partial charge in [0.05, 0.1) is 12.8 Å². The van der Waals surface area contributed by atoms with Gasteiger partial charge in [-0.05, 0) is 23.8 Å². The molecule has 0 atom stereocenters. The van der Waals surface area contributed by atoms with E-state index < -0.39 is 0 Å². The second-order valence-electron chi connectivity index (χ2n) is 3.97. The molecule has 1 aliphatic heterocycles. The number of hydrogen-bond donors (Lipinski definition) is 1. The van der Waals surface area contributed by atoms with Gasteiger partial charge in [0.1, 0.15) is 11.4 Å². The fourth-order valence-corrected chi connectivity index (χ4v) is 1.88. The Hall–Kier alpha value is -2.43. The quantitative estimate of drug-likeness (QED) is 0.868. The minimum atomic E-state index is -0.262. The Balaban J connectivity index is 1.79. The zero-order valence-corrected chi connectivity index (χ0v) is 9.59. The number of nitrogens with one attached hydrogen (secondary N) is 1. The van der Waals surface area contributed by atoms with E-state index in [1.807, 2.05) is 18.2 Å². The van der Waals surface area contributed by atoms with E-state index in [4.69, 9.17) is 4.74 Å². The van der Waals surface area contributed by atoms with Crippen molar-refractivity contribution in [2.75, 3.05) is 11.9 Å². The molecule has 1 aromatic heterocycles. The molecule has 2 heterocycles. The summed E-state index contributed by atoms with van der Waals surface area (Å²) in [6.45, 7) is 0.705. The number of hydrogen-bond acceptors (Lipinski definition) is 4. The highest BCUT2D eigenvalue weighted by atomic mass is 16.5. The van der Waals surface area contributed by atoms with Crippen LogP contribution >= 0.6 is 0 Å². The number of fused-ring (bicyclic) bond motifs is 1. The van der Waals surface area contributed by atoms with E-state index >= 15 is 0 Å². The SMILES string of the molecule is O=C(Nc1ccc2c(c1)CCO2)c1cnccn1. The van der Waals surface area contributed by atoms with Crippen molar-refractivity contribution in [1.82, 2.24) is 9.97 Å². The molecule has 0 spiro atoms. The fourth-order valence-electron chi connectivity index (χ4n) is 1.88. The minimum absolute atomic E-state index is 0.262. The Kier molecular flexibility index (Phi) is 2.64. The molecule has 0 radical (unpaired) electrons. The molecule has 2 aromatic rings. The monoisotopic (exact) mass is 241 g/mol. The van der Waals surface area contributed by atoms with Crippen LogP contribution in [0.15, 0.2) is 36.8 Å². The number of benzene rings is 1. The van der Waals surface area contributed by atoms with Crippen molar-refractivity contribution < 1.29 is 9.53 Å². The van der Waals surface area contributed by atoms with Crippen LogP contribution in [0.25, 0.3) is 0 Å². The third-order valence-electron chi connectivity index (χ3n) is 2.74. The maximum atomic E-state index is 11.9. The summed E-state index contributed by atoms with van der Waals surface area (Å²) < 4.78 is 5.41. The van der Waals surface area contributed by atoms with Crippen LogP contribution in [0.5, 0.6) is 5.75 Å². The maximum absolute atomic E-state index is 11.9. The van der Waals surface area contributed by atoms with Crippen LogP contribution in [0.2, 0.25) is 0 Å². The summed E-state index contributed by atoms with van der Waals surface area (Å²) in [7, 11) is 0. The second kappa shape index (κ2) is 4.44. The fraction of sp³-hybridized carbons (Fsp3) is 0.154. The molecule has 0 saturated carbocycles. The first kappa shape index (κ1) is 10.7. The molecule has 18 heavy (non-hydrogen) atoms. The maximum Gasteiger partial charge on any atom is 0.275 e. The molecular weight excluding hydrogens is 230 g/mol. The zero-order chi connectivity index (χ0) is 12.4. The lowest BCUT2D eigenvalue weighted by Crippen LogP contribution is -2.13. The Morgan fingerprint density at radius 2 is 2.28 bits per heavy atom. The van der Waals surface area contributed by atoms with E-state index in [0.29, 0.717) is 12.3 Å². The summed E-state index contributed by atoms with van der Waals surface area (Å²) in [6, 6.07) is 5.61. The van der Waals surface area contributed by atoms with Gasteiger partial charge in [0.2, 0.25) is 0 Å². The lowest BCUT2D eigenvalue weighted by molar-refractivity contribution is 0.102. The van der Waals surface area contributed by atoms with E-state index in [-0.39, 0.29) is 5.91 Å². The van der Waals surface area contributed by atoms with E-state index in [1.54, 1.807) is 0 Å². The molecule has 90 valence electrons. The average molecular weight is 241 g/mol. The molecule has 1 aromatic carbocycles. The molecule has 0 fully saturated rings. The highest BCUT2D eigenvalue weighted by Crippen LogP contribution is 2.27. The summed E-state index contributed by atoms with van der Waals surface area (Å²) in [6.07, 6.45) is 5.34. The number of carbonyl (C=O) groups is 1. The summed E-state index contributed by atoms with van der Waals surface area (Å²) in [5.74, 6) is 0.634. The lowest BCUT2D eigenvalue weighted by atomic mass is 10.1. The normalized spacial score (nSPS) is 12.7. The second-order valence-corrected chi connectivity index (χ2v) is 3.97. The molecule has 1 N–H and O–H groups in total. The largest absolute Gasteiger partial charge is 0.493 e. The van der Waals surface area contributed by atoms with Crippen LogP contribution in [0, 0.1) is 0 Å². The highest BCUT2D eigenvalue weighted by Gasteiger charge is 2.13. The van der Waals surface area contributed by atoms with Crippen LogP contribution in [-0.2, 0) is 6.42 Å². The molecule has 0 unspecified atom stereocenters. The Bertz CT molecular complexity index is 584. The van der Waals surface area contributed by atoms with Crippen LogP contribution in [0.3, 0.4) is 0 Å². The molecule has 1 aliphatic rings. The summed E-state index contributed by atoms with van der Waals surface area (Å²) >= 11 is 0. The van der Waals surface area contributed by atoms with Gasteiger partial charge in [0.15, 0.2) is 0 Å². The number of aromatic nitrogens is 2. The van der Waals surface area contributed by atoms with Gasteiger partial charge in [0, 0.05) is 24.5 Å². The van der Waals surface area contributed by atoms with Gasteiger partial charge in [-0.2, -0.15) is 0 Å². The van der Waals surface area contributed by atoms with Crippen molar-refractivity contribution in [2.24, 2.45) is 0 Å². The van der Waals surface area contributed by atoms with Gasteiger partial charge in [-0.15, -0.1) is 0 Å². The zero-order valence-electron chi connectivity index (χ0n) is 9.59. The Morgan fingerprint density at radius 3 is 3.11 bits per heavy atom. The van der Waals surface area contributed by atoms with Crippen molar-refractivity contribution in [2.45, 2.75) is 6.42 Å². The molecule has 0 bridgehead atoms. The van der Waals surface area contributed by atoms with Gasteiger partial charge < -0.3 is 10.1 Å². The molecule has 3 rings (SSSR count). The number of anilines is 1. The third-order valence-corrected chi connectivity index (χ3v) is 2.74. The molecular formula is C13H11N3O2. The molecule has 1 amide bonds. The molecule has 5 heteroatoms. The summed E-state index contributed by atoms with van der Waals surface area (Å²) in [5, 5.41) is 2.79. The first-order chi connectivity index (χ1) is 8.83. The number of amides is 1. The number of nitrogens with zero attached hydrogens (tertiary/aromatic N) is 2. The van der Waals surface area contributed by atoms with Gasteiger partial charge in [-0.3, -0.25) is 9.78 Å². The predicted molar refractivity (Wildman–Crippen MR) is 65.6 cm³/mol. The van der Waals surface area contributed by atoms with Crippen LogP contribution in [0.1, 0.15) is 16.1 Å². The Labute approximate surface area is 104 Å². The first-order valence-corrected chi connectivity index (χ1v) is 5.66. The van der Waals surface area contributed by atoms with Crippen LogP contribution < -0.4 is 10.1 Å². The van der Waals surface area contributed by atoms with Crippen LogP contribution in [0.4, 0.5) is 5.69 Å². The smallest absolute Gasteiger partial charge is 0.275 e. The van der Waals surface area contributed by atoms with Crippen LogP contribution in [-0.4, -0.2) is 22.5 Å². The van der Waals surface area contributed by atoms with E-state index in [0.717, 1.165) is 23.4 Å². The minimum Gasteiger partial charge on any atom is -0.493 e. The van der Waals surface area contributed by atoms with Gasteiger partial charge in [-0.25, -0.2) is 4.98 Å². The first-order valence-electron chi connectivity index (χ1n) is 5.66. The van der Waals surface area contributed by atoms with Crippen molar-refractivity contribution in [3.63, 3.8) is 0 Å². The number of rotatable bonds is 2. The Morgan fingerprint density at radius 1 is 1.33 bits per heavy atom. The summed E-state index contributed by atoms with van der Waals surface area (Å²) in [5.41, 5.74) is 2.16. The highest BCUT2D eigenvalue weighted by molar-refractivity contribution is 6.02. The summed E-state index contributed by atoms with van der Waals surface area (Å²) in [4.78, 5) is 19.7. The molecule has 0 aliphatic carbocycles.